The third-order valence-electron chi connectivity index (χ3n) is 1.97. The predicted molar refractivity (Wildman–Crippen MR) is 61.3 cm³/mol. The molecular formula is C10H21N3O3. The van der Waals surface area contributed by atoms with E-state index in [9.17, 15) is 4.79 Å². The van der Waals surface area contributed by atoms with Gasteiger partial charge in [-0.15, -0.1) is 0 Å². The van der Waals surface area contributed by atoms with Gasteiger partial charge in [0.2, 0.25) is 5.91 Å². The molecule has 0 spiro atoms. The molecule has 6 heteroatoms. The summed E-state index contributed by atoms with van der Waals surface area (Å²) in [5.41, 5.74) is 5.36. The molecule has 0 saturated carbocycles. The Hall–Kier alpha value is -1.30. The highest BCUT2D eigenvalue weighted by Gasteiger charge is 2.14. The molecule has 16 heavy (non-hydrogen) atoms. The van der Waals surface area contributed by atoms with Gasteiger partial charge in [-0.25, -0.2) is 0 Å². The maximum absolute atomic E-state index is 11.6. The lowest BCUT2D eigenvalue weighted by atomic mass is 10.2. The number of hydrogen-bond donors (Lipinski definition) is 2. The van der Waals surface area contributed by atoms with Crippen LogP contribution in [0.2, 0.25) is 0 Å². The second-order valence-corrected chi connectivity index (χ2v) is 4.01. The molecule has 0 aromatic carbocycles. The number of rotatable bonds is 7. The van der Waals surface area contributed by atoms with E-state index in [4.69, 9.17) is 15.7 Å². The lowest BCUT2D eigenvalue weighted by molar-refractivity contribution is -0.135. The highest BCUT2D eigenvalue weighted by Crippen LogP contribution is 2.01. The number of oxime groups is 1. The highest BCUT2D eigenvalue weighted by atomic mass is 16.5. The van der Waals surface area contributed by atoms with Crippen molar-refractivity contribution in [1.82, 2.24) is 4.90 Å². The van der Waals surface area contributed by atoms with Gasteiger partial charge < -0.3 is 20.6 Å². The first-order valence-corrected chi connectivity index (χ1v) is 5.24. The summed E-state index contributed by atoms with van der Waals surface area (Å²) >= 11 is 0. The van der Waals surface area contributed by atoms with Crippen molar-refractivity contribution in [2.45, 2.75) is 20.3 Å². The molecule has 0 aromatic rings. The molecule has 94 valence electrons. The van der Waals surface area contributed by atoms with Crippen LogP contribution in [0.5, 0.6) is 0 Å². The molecule has 0 fully saturated rings. The minimum absolute atomic E-state index is 0.0584. The van der Waals surface area contributed by atoms with Crippen LogP contribution >= 0.6 is 0 Å². The minimum atomic E-state index is -0.0815. The van der Waals surface area contributed by atoms with E-state index >= 15 is 0 Å². The number of nitrogens with zero attached hydrogens (tertiary/aromatic N) is 2. The minimum Gasteiger partial charge on any atom is -0.409 e. The van der Waals surface area contributed by atoms with Crippen LogP contribution in [0.15, 0.2) is 5.16 Å². The van der Waals surface area contributed by atoms with Crippen LogP contribution in [-0.2, 0) is 9.53 Å². The SMILES string of the molecule is COCC(=O)N(CCC(N)=NO)CC(C)C. The summed E-state index contributed by atoms with van der Waals surface area (Å²) in [6, 6.07) is 0. The molecule has 0 bridgehead atoms. The van der Waals surface area contributed by atoms with Crippen molar-refractivity contribution < 1.29 is 14.7 Å². The molecule has 0 aliphatic heterocycles. The van der Waals surface area contributed by atoms with Gasteiger partial charge >= 0.3 is 0 Å². The summed E-state index contributed by atoms with van der Waals surface area (Å²) in [4.78, 5) is 13.3. The number of hydrogen-bond acceptors (Lipinski definition) is 4. The fourth-order valence-electron chi connectivity index (χ4n) is 1.27. The van der Waals surface area contributed by atoms with Gasteiger partial charge in [0.1, 0.15) is 12.4 Å². The van der Waals surface area contributed by atoms with Gasteiger partial charge in [-0.1, -0.05) is 19.0 Å². The van der Waals surface area contributed by atoms with Gasteiger partial charge in [-0.3, -0.25) is 4.79 Å². The van der Waals surface area contributed by atoms with Crippen LogP contribution in [0, 0.1) is 5.92 Å². The molecule has 0 aliphatic carbocycles. The summed E-state index contributed by atoms with van der Waals surface area (Å²) in [6.07, 6.45) is 0.360. The number of carbonyl (C=O) groups is 1. The molecular weight excluding hydrogens is 210 g/mol. The molecule has 1 amide bonds. The molecule has 3 N–H and O–H groups in total. The maximum atomic E-state index is 11.6. The maximum Gasteiger partial charge on any atom is 0.248 e. The van der Waals surface area contributed by atoms with Crippen LogP contribution in [0.3, 0.4) is 0 Å². The van der Waals surface area contributed by atoms with Crippen molar-refractivity contribution in [2.75, 3.05) is 26.8 Å². The van der Waals surface area contributed by atoms with E-state index in [0.29, 0.717) is 25.4 Å². The average Bonchev–Trinajstić information content (AvgIpc) is 2.23. The molecule has 0 rings (SSSR count). The first-order chi connectivity index (χ1) is 7.51. The zero-order chi connectivity index (χ0) is 12.6. The molecule has 0 aliphatic rings. The summed E-state index contributed by atoms with van der Waals surface area (Å²) in [5, 5.41) is 11.3. The zero-order valence-electron chi connectivity index (χ0n) is 10.1. The van der Waals surface area contributed by atoms with Crippen molar-refractivity contribution in [3.8, 4) is 0 Å². The number of amidine groups is 1. The summed E-state index contributed by atoms with van der Waals surface area (Å²) in [5.74, 6) is 0.411. The van der Waals surface area contributed by atoms with Gasteiger partial charge in [-0.05, 0) is 5.92 Å². The first-order valence-electron chi connectivity index (χ1n) is 5.24. The molecule has 0 radical (unpaired) electrons. The van der Waals surface area contributed by atoms with Crippen LogP contribution in [0.1, 0.15) is 20.3 Å². The van der Waals surface area contributed by atoms with Crippen LogP contribution in [0.25, 0.3) is 0 Å². The zero-order valence-corrected chi connectivity index (χ0v) is 10.1. The molecule has 0 aromatic heterocycles. The summed E-state index contributed by atoms with van der Waals surface area (Å²) in [7, 11) is 1.48. The second kappa shape index (κ2) is 7.92. The topological polar surface area (TPSA) is 88.2 Å². The molecule has 0 atom stereocenters. The molecule has 6 nitrogen and oxygen atoms in total. The Morgan fingerprint density at radius 3 is 2.62 bits per heavy atom. The van der Waals surface area contributed by atoms with Crippen molar-refractivity contribution in [3.63, 3.8) is 0 Å². The number of methoxy groups -OCH3 is 1. The molecule has 0 saturated heterocycles. The Morgan fingerprint density at radius 2 is 2.19 bits per heavy atom. The Kier molecular flexibility index (Phi) is 7.28. The van der Waals surface area contributed by atoms with Gasteiger partial charge in [0.15, 0.2) is 0 Å². The summed E-state index contributed by atoms with van der Waals surface area (Å²) < 4.78 is 4.80. The fraction of sp³-hybridized carbons (Fsp3) is 0.800. The first kappa shape index (κ1) is 14.7. The van der Waals surface area contributed by atoms with Gasteiger partial charge in [-0.2, -0.15) is 0 Å². The Balaban J connectivity index is 4.25. The van der Waals surface area contributed by atoms with Crippen LogP contribution in [0.4, 0.5) is 0 Å². The lowest BCUT2D eigenvalue weighted by Crippen LogP contribution is -2.38. The van der Waals surface area contributed by atoms with Crippen LogP contribution < -0.4 is 5.73 Å². The number of ether oxygens (including phenoxy) is 1. The van der Waals surface area contributed by atoms with Crippen LogP contribution in [-0.4, -0.2) is 48.7 Å². The quantitative estimate of drug-likeness (QED) is 0.284. The van der Waals surface area contributed by atoms with Crippen molar-refractivity contribution in [2.24, 2.45) is 16.8 Å². The Labute approximate surface area is 96.0 Å². The smallest absolute Gasteiger partial charge is 0.248 e. The van der Waals surface area contributed by atoms with Crippen molar-refractivity contribution >= 4 is 11.7 Å². The molecule has 0 unspecified atom stereocenters. The number of nitrogens with two attached hydrogens (primary N) is 1. The third-order valence-corrected chi connectivity index (χ3v) is 1.97. The normalized spacial score (nSPS) is 11.9. The van der Waals surface area contributed by atoms with Crippen molar-refractivity contribution in [1.29, 1.82) is 0 Å². The lowest BCUT2D eigenvalue weighted by Gasteiger charge is -2.24. The van der Waals surface area contributed by atoms with Crippen molar-refractivity contribution in [3.05, 3.63) is 0 Å². The number of carbonyl (C=O) groups excluding carboxylic acids is 1. The summed E-state index contributed by atoms with van der Waals surface area (Å²) in [6.45, 7) is 5.19. The standard InChI is InChI=1S/C10H21N3O3/c1-8(2)6-13(10(14)7-16-3)5-4-9(11)12-15/h8,15H,4-7H2,1-3H3,(H2,11,12). The van der Waals surface area contributed by atoms with Gasteiger partial charge in [0.25, 0.3) is 0 Å². The Bertz CT molecular complexity index is 241. The Morgan fingerprint density at radius 1 is 1.56 bits per heavy atom. The fourth-order valence-corrected chi connectivity index (χ4v) is 1.27. The highest BCUT2D eigenvalue weighted by molar-refractivity contribution is 5.81. The van der Waals surface area contributed by atoms with E-state index in [1.807, 2.05) is 13.8 Å². The van der Waals surface area contributed by atoms with E-state index in [2.05, 4.69) is 5.16 Å². The molecule has 0 heterocycles. The predicted octanol–water partition coefficient (Wildman–Crippen LogP) is 0.254. The second-order valence-electron chi connectivity index (χ2n) is 4.01. The third kappa shape index (κ3) is 6.23. The average molecular weight is 231 g/mol. The van der Waals surface area contributed by atoms with E-state index in [-0.39, 0.29) is 18.3 Å². The monoisotopic (exact) mass is 231 g/mol. The largest absolute Gasteiger partial charge is 0.409 e. The van der Waals surface area contributed by atoms with Gasteiger partial charge in [0.05, 0.1) is 0 Å². The van der Waals surface area contributed by atoms with E-state index in [0.717, 1.165) is 0 Å². The van der Waals surface area contributed by atoms with E-state index in [1.54, 1.807) is 4.90 Å². The van der Waals surface area contributed by atoms with E-state index in [1.165, 1.54) is 7.11 Å². The number of amides is 1. The van der Waals surface area contributed by atoms with E-state index < -0.39 is 0 Å². The van der Waals surface area contributed by atoms with Gasteiger partial charge in [0, 0.05) is 26.6 Å².